The number of nitrogens with one attached hydrogen (secondary N) is 1. The van der Waals surface area contributed by atoms with Gasteiger partial charge >= 0.3 is 0 Å². The minimum atomic E-state index is -3.54. The van der Waals surface area contributed by atoms with Crippen molar-refractivity contribution in [1.29, 1.82) is 0 Å². The van der Waals surface area contributed by atoms with Gasteiger partial charge in [0.05, 0.1) is 4.90 Å². The monoisotopic (exact) mass is 337 g/mol. The van der Waals surface area contributed by atoms with E-state index in [0.29, 0.717) is 43.8 Å². The number of sulfonamides is 1. The Bertz CT molecular complexity index is 734. The number of carbonyl (C=O) groups excluding carboxylic acids is 1. The Labute approximate surface area is 135 Å². The average Bonchev–Trinajstić information content (AvgIpc) is 3.04. The van der Waals surface area contributed by atoms with Crippen LogP contribution in [0, 0.1) is 0 Å². The molecular weight excluding hydrogens is 318 g/mol. The van der Waals surface area contributed by atoms with Gasteiger partial charge in [-0.15, -0.1) is 0 Å². The lowest BCUT2D eigenvalue weighted by molar-refractivity contribution is 0.110. The number of aldehydes is 1. The molecule has 0 saturated carbocycles. The normalized spacial score (nSPS) is 11.5. The van der Waals surface area contributed by atoms with Crippen LogP contribution in [-0.4, -0.2) is 34.5 Å². The van der Waals surface area contributed by atoms with Crippen molar-refractivity contribution >= 4 is 16.3 Å². The van der Waals surface area contributed by atoms with E-state index in [9.17, 15) is 13.2 Å². The first-order valence-electron chi connectivity index (χ1n) is 7.29. The van der Waals surface area contributed by atoms with E-state index < -0.39 is 10.0 Å². The van der Waals surface area contributed by atoms with E-state index in [2.05, 4.69) is 4.72 Å². The molecule has 0 spiro atoms. The van der Waals surface area contributed by atoms with Crippen LogP contribution in [0.25, 0.3) is 11.3 Å². The molecule has 0 bridgehead atoms. The Morgan fingerprint density at radius 3 is 2.52 bits per heavy atom. The third-order valence-corrected chi connectivity index (χ3v) is 4.63. The van der Waals surface area contributed by atoms with Crippen LogP contribution in [0.5, 0.6) is 0 Å². The van der Waals surface area contributed by atoms with Gasteiger partial charge in [-0.05, 0) is 49.7 Å². The highest BCUT2D eigenvalue weighted by Gasteiger charge is 2.13. The minimum absolute atomic E-state index is 0.180. The molecule has 124 valence electrons. The van der Waals surface area contributed by atoms with E-state index in [0.717, 1.165) is 0 Å². The number of ether oxygens (including phenoxy) is 1. The van der Waals surface area contributed by atoms with Crippen molar-refractivity contribution < 1.29 is 22.4 Å². The molecule has 23 heavy (non-hydrogen) atoms. The Morgan fingerprint density at radius 1 is 1.17 bits per heavy atom. The minimum Gasteiger partial charge on any atom is -0.453 e. The Balaban J connectivity index is 2.01. The summed E-state index contributed by atoms with van der Waals surface area (Å²) < 4.78 is 37.3. The first-order chi connectivity index (χ1) is 11.1. The lowest BCUT2D eigenvalue weighted by Gasteiger charge is -2.07. The summed E-state index contributed by atoms with van der Waals surface area (Å²) in [7, 11) is -3.54. The highest BCUT2D eigenvalue weighted by molar-refractivity contribution is 7.89. The standard InChI is InChI=1S/C16H19NO5S/c1-2-21-11-3-10-17-23(19,20)15-7-4-13(5-8-15)16-9-6-14(12-18)22-16/h4-9,12,17H,2-3,10-11H2,1H3. The fourth-order valence-corrected chi connectivity index (χ4v) is 3.05. The summed E-state index contributed by atoms with van der Waals surface area (Å²) in [4.78, 5) is 10.8. The number of furan rings is 1. The molecule has 0 atom stereocenters. The largest absolute Gasteiger partial charge is 0.453 e. The maximum absolute atomic E-state index is 12.1. The molecule has 0 unspecified atom stereocenters. The van der Waals surface area contributed by atoms with Gasteiger partial charge in [-0.2, -0.15) is 0 Å². The molecule has 0 saturated heterocycles. The molecule has 0 radical (unpaired) electrons. The van der Waals surface area contributed by atoms with E-state index >= 15 is 0 Å². The summed E-state index contributed by atoms with van der Waals surface area (Å²) in [6.07, 6.45) is 1.24. The van der Waals surface area contributed by atoms with Crippen LogP contribution in [-0.2, 0) is 14.8 Å². The van der Waals surface area contributed by atoms with E-state index in [-0.39, 0.29) is 10.7 Å². The molecule has 1 N–H and O–H groups in total. The number of benzene rings is 1. The molecule has 1 aromatic carbocycles. The highest BCUT2D eigenvalue weighted by Crippen LogP contribution is 2.23. The van der Waals surface area contributed by atoms with Crippen LogP contribution in [0.3, 0.4) is 0 Å². The van der Waals surface area contributed by atoms with Crippen LogP contribution in [0.15, 0.2) is 45.7 Å². The van der Waals surface area contributed by atoms with Crippen LogP contribution >= 0.6 is 0 Å². The van der Waals surface area contributed by atoms with Crippen LogP contribution in [0.2, 0.25) is 0 Å². The zero-order chi connectivity index (χ0) is 16.7. The van der Waals surface area contributed by atoms with Crippen molar-refractivity contribution in [3.05, 3.63) is 42.2 Å². The lowest BCUT2D eigenvalue weighted by Crippen LogP contribution is -2.25. The first-order valence-corrected chi connectivity index (χ1v) is 8.78. The van der Waals surface area contributed by atoms with Crippen LogP contribution in [0.1, 0.15) is 23.9 Å². The Morgan fingerprint density at radius 2 is 1.91 bits per heavy atom. The summed E-state index contributed by atoms with van der Waals surface area (Å²) in [5.41, 5.74) is 0.702. The van der Waals surface area contributed by atoms with E-state index in [1.54, 1.807) is 24.3 Å². The van der Waals surface area contributed by atoms with Gasteiger partial charge in [-0.3, -0.25) is 4.79 Å². The fourth-order valence-electron chi connectivity index (χ4n) is 1.98. The zero-order valence-electron chi connectivity index (χ0n) is 12.8. The third-order valence-electron chi connectivity index (χ3n) is 3.15. The molecule has 2 aromatic rings. The summed E-state index contributed by atoms with van der Waals surface area (Å²) in [5.74, 6) is 0.744. The van der Waals surface area contributed by atoms with Crippen molar-refractivity contribution in [3.63, 3.8) is 0 Å². The maximum Gasteiger partial charge on any atom is 0.240 e. The zero-order valence-corrected chi connectivity index (χ0v) is 13.6. The van der Waals surface area contributed by atoms with Gasteiger partial charge in [-0.1, -0.05) is 0 Å². The highest BCUT2D eigenvalue weighted by atomic mass is 32.2. The molecule has 1 heterocycles. The fraction of sp³-hybridized carbons (Fsp3) is 0.312. The molecule has 7 heteroatoms. The van der Waals surface area contributed by atoms with Crippen molar-refractivity contribution in [2.75, 3.05) is 19.8 Å². The van der Waals surface area contributed by atoms with Gasteiger partial charge in [0.2, 0.25) is 10.0 Å². The van der Waals surface area contributed by atoms with Gasteiger partial charge in [0.25, 0.3) is 0 Å². The van der Waals surface area contributed by atoms with Gasteiger partial charge in [0.1, 0.15) is 5.76 Å². The summed E-state index contributed by atoms with van der Waals surface area (Å²) in [5, 5.41) is 0. The quantitative estimate of drug-likeness (QED) is 0.561. The number of carbonyl (C=O) groups is 1. The van der Waals surface area contributed by atoms with E-state index in [1.165, 1.54) is 12.1 Å². The van der Waals surface area contributed by atoms with Crippen molar-refractivity contribution in [2.24, 2.45) is 0 Å². The predicted molar refractivity (Wildman–Crippen MR) is 85.8 cm³/mol. The smallest absolute Gasteiger partial charge is 0.240 e. The number of hydrogen-bond acceptors (Lipinski definition) is 5. The molecule has 0 amide bonds. The van der Waals surface area contributed by atoms with E-state index in [1.807, 2.05) is 6.92 Å². The third kappa shape index (κ3) is 4.75. The Hall–Kier alpha value is -1.96. The van der Waals surface area contributed by atoms with E-state index in [4.69, 9.17) is 9.15 Å². The number of hydrogen-bond donors (Lipinski definition) is 1. The molecule has 0 aliphatic rings. The van der Waals surface area contributed by atoms with Crippen molar-refractivity contribution in [1.82, 2.24) is 4.72 Å². The second kappa shape index (κ2) is 8.05. The van der Waals surface area contributed by atoms with Gasteiger partial charge in [0.15, 0.2) is 12.0 Å². The molecule has 6 nitrogen and oxygen atoms in total. The van der Waals surface area contributed by atoms with Gasteiger partial charge in [0, 0.05) is 25.3 Å². The van der Waals surface area contributed by atoms with Gasteiger partial charge < -0.3 is 9.15 Å². The van der Waals surface area contributed by atoms with Crippen LogP contribution < -0.4 is 4.72 Å². The second-order valence-electron chi connectivity index (χ2n) is 4.79. The van der Waals surface area contributed by atoms with Crippen molar-refractivity contribution in [3.8, 4) is 11.3 Å². The summed E-state index contributed by atoms with van der Waals surface area (Å²) >= 11 is 0. The number of rotatable bonds is 9. The maximum atomic E-state index is 12.1. The SMILES string of the molecule is CCOCCCNS(=O)(=O)c1ccc(-c2ccc(C=O)o2)cc1. The predicted octanol–water partition coefficient (Wildman–Crippen LogP) is 2.46. The second-order valence-corrected chi connectivity index (χ2v) is 6.56. The molecule has 0 aliphatic carbocycles. The molecule has 0 fully saturated rings. The van der Waals surface area contributed by atoms with Gasteiger partial charge in [-0.25, -0.2) is 13.1 Å². The molecular formula is C16H19NO5S. The lowest BCUT2D eigenvalue weighted by atomic mass is 10.2. The van der Waals surface area contributed by atoms with Crippen LogP contribution in [0.4, 0.5) is 0 Å². The summed E-state index contributed by atoms with van der Waals surface area (Å²) in [6.45, 7) is 3.36. The topological polar surface area (TPSA) is 85.6 Å². The molecule has 2 rings (SSSR count). The average molecular weight is 337 g/mol. The molecule has 1 aromatic heterocycles. The summed E-state index contributed by atoms with van der Waals surface area (Å²) in [6, 6.07) is 9.52. The molecule has 0 aliphatic heterocycles. The van der Waals surface area contributed by atoms with Crippen molar-refractivity contribution in [2.45, 2.75) is 18.2 Å². The Kier molecular flexibility index (Phi) is 6.09. The first kappa shape index (κ1) is 17.4.